The first kappa shape index (κ1) is 14.4. The third-order valence-corrected chi connectivity index (χ3v) is 2.66. The number of morpholine rings is 1. The van der Waals surface area contributed by atoms with Gasteiger partial charge in [-0.3, -0.25) is 10.2 Å². The molecule has 0 aromatic heterocycles. The van der Waals surface area contributed by atoms with Crippen LogP contribution in [0.3, 0.4) is 0 Å². The number of hydrazine groups is 1. The number of nitrogens with one attached hydrogen (secondary N) is 2. The summed E-state index contributed by atoms with van der Waals surface area (Å²) in [6, 6.07) is 0.00459. The second kappa shape index (κ2) is 8.41. The first-order valence-electron chi connectivity index (χ1n) is 6.32. The molecule has 0 aromatic rings. The standard InChI is InChI=1S/C11H24N4O2/c1-2-3-13-11(16)8-10(9-12)14-15-4-6-17-7-5-15/h10,14H,2-9,12H2,1H3,(H,13,16). The molecule has 0 saturated carbocycles. The van der Waals surface area contributed by atoms with Gasteiger partial charge in [-0.05, 0) is 6.42 Å². The Morgan fingerprint density at radius 2 is 2.18 bits per heavy atom. The Hall–Kier alpha value is -0.690. The van der Waals surface area contributed by atoms with Gasteiger partial charge in [-0.15, -0.1) is 0 Å². The molecule has 1 atom stereocenters. The number of ether oxygens (including phenoxy) is 1. The largest absolute Gasteiger partial charge is 0.379 e. The van der Waals surface area contributed by atoms with Gasteiger partial charge in [-0.2, -0.15) is 0 Å². The first-order valence-corrected chi connectivity index (χ1v) is 6.32. The molecule has 6 nitrogen and oxygen atoms in total. The molecule has 1 saturated heterocycles. The summed E-state index contributed by atoms with van der Waals surface area (Å²) < 4.78 is 5.26. The Labute approximate surface area is 103 Å². The highest BCUT2D eigenvalue weighted by Gasteiger charge is 2.17. The number of nitrogens with zero attached hydrogens (tertiary/aromatic N) is 1. The monoisotopic (exact) mass is 244 g/mol. The molecule has 1 unspecified atom stereocenters. The lowest BCUT2D eigenvalue weighted by atomic mass is 10.2. The highest BCUT2D eigenvalue weighted by molar-refractivity contribution is 5.76. The number of rotatable bonds is 7. The van der Waals surface area contributed by atoms with Crippen molar-refractivity contribution in [3.8, 4) is 0 Å². The summed E-state index contributed by atoms with van der Waals surface area (Å²) in [7, 11) is 0. The van der Waals surface area contributed by atoms with Crippen LogP contribution >= 0.6 is 0 Å². The van der Waals surface area contributed by atoms with Crippen LogP contribution in [-0.4, -0.2) is 56.4 Å². The third-order valence-electron chi connectivity index (χ3n) is 2.66. The molecule has 1 aliphatic rings. The van der Waals surface area contributed by atoms with Crippen molar-refractivity contribution < 1.29 is 9.53 Å². The fraction of sp³-hybridized carbons (Fsp3) is 0.909. The maximum Gasteiger partial charge on any atom is 0.221 e. The molecular formula is C11H24N4O2. The molecule has 0 aromatic carbocycles. The van der Waals surface area contributed by atoms with Gasteiger partial charge in [0.05, 0.1) is 13.2 Å². The average molecular weight is 244 g/mol. The molecule has 0 aliphatic carbocycles. The van der Waals surface area contributed by atoms with Crippen molar-refractivity contribution in [3.05, 3.63) is 0 Å². The van der Waals surface area contributed by atoms with E-state index in [1.807, 2.05) is 6.92 Å². The molecule has 1 rings (SSSR count). The SMILES string of the molecule is CCCNC(=O)CC(CN)NN1CCOCC1. The van der Waals surface area contributed by atoms with E-state index in [1.54, 1.807) is 0 Å². The van der Waals surface area contributed by atoms with Crippen molar-refractivity contribution in [2.45, 2.75) is 25.8 Å². The average Bonchev–Trinajstić information content (AvgIpc) is 2.36. The van der Waals surface area contributed by atoms with Gasteiger partial charge in [-0.1, -0.05) is 6.92 Å². The molecule has 6 heteroatoms. The zero-order valence-electron chi connectivity index (χ0n) is 10.6. The minimum absolute atomic E-state index is 0.00459. The van der Waals surface area contributed by atoms with Crippen LogP contribution in [0, 0.1) is 0 Å². The van der Waals surface area contributed by atoms with E-state index in [4.69, 9.17) is 10.5 Å². The minimum Gasteiger partial charge on any atom is -0.379 e. The number of amides is 1. The lowest BCUT2D eigenvalue weighted by Crippen LogP contribution is -2.53. The van der Waals surface area contributed by atoms with Gasteiger partial charge in [0.25, 0.3) is 0 Å². The van der Waals surface area contributed by atoms with Crippen molar-refractivity contribution in [1.82, 2.24) is 15.8 Å². The summed E-state index contributed by atoms with van der Waals surface area (Å²) in [5, 5.41) is 4.93. The number of carbonyl (C=O) groups is 1. The summed E-state index contributed by atoms with van der Waals surface area (Å²) in [6.45, 7) is 6.36. The number of hydrogen-bond acceptors (Lipinski definition) is 5. The second-order valence-electron chi connectivity index (χ2n) is 4.22. The van der Waals surface area contributed by atoms with Gasteiger partial charge in [0.1, 0.15) is 0 Å². The van der Waals surface area contributed by atoms with Crippen LogP contribution in [0.25, 0.3) is 0 Å². The summed E-state index contributed by atoms with van der Waals surface area (Å²) in [4.78, 5) is 11.6. The lowest BCUT2D eigenvalue weighted by Gasteiger charge is -2.31. The van der Waals surface area contributed by atoms with E-state index < -0.39 is 0 Å². The molecule has 1 amide bonds. The maximum atomic E-state index is 11.6. The minimum atomic E-state index is 0.00459. The van der Waals surface area contributed by atoms with Gasteiger partial charge < -0.3 is 15.8 Å². The molecular weight excluding hydrogens is 220 g/mol. The van der Waals surface area contributed by atoms with Crippen LogP contribution in [0.2, 0.25) is 0 Å². The smallest absolute Gasteiger partial charge is 0.221 e. The quantitative estimate of drug-likeness (QED) is 0.539. The van der Waals surface area contributed by atoms with Crippen molar-refractivity contribution in [2.75, 3.05) is 39.4 Å². The summed E-state index contributed by atoms with van der Waals surface area (Å²) in [6.07, 6.45) is 1.38. The van der Waals surface area contributed by atoms with Crippen LogP contribution in [0.1, 0.15) is 19.8 Å². The van der Waals surface area contributed by atoms with Crippen LogP contribution < -0.4 is 16.5 Å². The van der Waals surface area contributed by atoms with Crippen LogP contribution in [0.5, 0.6) is 0 Å². The Bertz CT molecular complexity index is 220. The van der Waals surface area contributed by atoms with Gasteiger partial charge >= 0.3 is 0 Å². The van der Waals surface area contributed by atoms with Gasteiger partial charge in [0.15, 0.2) is 0 Å². The fourth-order valence-electron chi connectivity index (χ4n) is 1.69. The van der Waals surface area contributed by atoms with Gasteiger partial charge in [0, 0.05) is 38.6 Å². The first-order chi connectivity index (χ1) is 8.26. The Kier molecular flexibility index (Phi) is 7.11. The van der Waals surface area contributed by atoms with Crippen molar-refractivity contribution in [2.24, 2.45) is 5.73 Å². The molecule has 4 N–H and O–H groups in total. The van der Waals surface area contributed by atoms with Crippen LogP contribution in [0.15, 0.2) is 0 Å². The highest BCUT2D eigenvalue weighted by Crippen LogP contribution is 1.97. The third kappa shape index (κ3) is 5.97. The van der Waals surface area contributed by atoms with E-state index in [9.17, 15) is 4.79 Å². The topological polar surface area (TPSA) is 79.6 Å². The van der Waals surface area contributed by atoms with E-state index in [0.29, 0.717) is 13.0 Å². The van der Waals surface area contributed by atoms with Crippen molar-refractivity contribution in [1.29, 1.82) is 0 Å². The van der Waals surface area contributed by atoms with Crippen molar-refractivity contribution in [3.63, 3.8) is 0 Å². The molecule has 1 aliphatic heterocycles. The highest BCUT2D eigenvalue weighted by atomic mass is 16.5. The molecule has 1 fully saturated rings. The number of nitrogens with two attached hydrogens (primary N) is 1. The Morgan fingerprint density at radius 1 is 1.47 bits per heavy atom. The fourth-order valence-corrected chi connectivity index (χ4v) is 1.69. The van der Waals surface area contributed by atoms with Crippen molar-refractivity contribution >= 4 is 5.91 Å². The van der Waals surface area contributed by atoms with E-state index in [-0.39, 0.29) is 11.9 Å². The zero-order valence-corrected chi connectivity index (χ0v) is 10.6. The summed E-state index contributed by atoms with van der Waals surface area (Å²) in [5.74, 6) is 0.0584. The summed E-state index contributed by atoms with van der Waals surface area (Å²) in [5.41, 5.74) is 8.95. The predicted molar refractivity (Wildman–Crippen MR) is 66.3 cm³/mol. The number of hydrogen-bond donors (Lipinski definition) is 3. The second-order valence-corrected chi connectivity index (χ2v) is 4.22. The van der Waals surface area contributed by atoms with Gasteiger partial charge in [-0.25, -0.2) is 5.01 Å². The zero-order chi connectivity index (χ0) is 12.5. The maximum absolute atomic E-state index is 11.6. The lowest BCUT2D eigenvalue weighted by molar-refractivity contribution is -0.122. The molecule has 0 spiro atoms. The molecule has 17 heavy (non-hydrogen) atoms. The molecule has 0 bridgehead atoms. The van der Waals surface area contributed by atoms with E-state index in [1.165, 1.54) is 0 Å². The van der Waals surface area contributed by atoms with E-state index in [2.05, 4.69) is 15.8 Å². The normalized spacial score (nSPS) is 18.9. The molecule has 0 radical (unpaired) electrons. The predicted octanol–water partition coefficient (Wildman–Crippen LogP) is -0.933. The van der Waals surface area contributed by atoms with E-state index in [0.717, 1.165) is 39.3 Å². The summed E-state index contributed by atoms with van der Waals surface area (Å²) >= 11 is 0. The van der Waals surface area contributed by atoms with Gasteiger partial charge in [0.2, 0.25) is 5.91 Å². The molecule has 1 heterocycles. The van der Waals surface area contributed by atoms with Crippen LogP contribution in [0.4, 0.5) is 0 Å². The molecule has 100 valence electrons. The number of carbonyl (C=O) groups excluding carboxylic acids is 1. The van der Waals surface area contributed by atoms with E-state index >= 15 is 0 Å². The van der Waals surface area contributed by atoms with Crippen LogP contribution in [-0.2, 0) is 9.53 Å². The Balaban J connectivity index is 2.24. The Morgan fingerprint density at radius 3 is 2.76 bits per heavy atom.